The number of aromatic nitrogens is 1. The monoisotopic (exact) mass is 282 g/mol. The summed E-state index contributed by atoms with van der Waals surface area (Å²) in [5.41, 5.74) is 3.00. The van der Waals surface area contributed by atoms with E-state index in [1.807, 2.05) is 6.92 Å². The summed E-state index contributed by atoms with van der Waals surface area (Å²) < 4.78 is 0. The maximum absolute atomic E-state index is 12.0. The van der Waals surface area contributed by atoms with Crippen LogP contribution in [-0.4, -0.2) is 10.9 Å². The van der Waals surface area contributed by atoms with Gasteiger partial charge in [0, 0.05) is 25.3 Å². The molecule has 0 atom stereocenters. The molecule has 6 heteroatoms. The second kappa shape index (κ2) is 6.13. The van der Waals surface area contributed by atoms with E-state index in [4.69, 9.17) is 5.26 Å². The van der Waals surface area contributed by atoms with Crippen molar-refractivity contribution < 1.29 is 10.3 Å². The number of nitrogens with two attached hydrogens (primary N) is 1. The second-order valence-electron chi connectivity index (χ2n) is 4.59. The number of carbonyl (C=O) groups excluding carboxylic acids is 1. The van der Waals surface area contributed by atoms with Gasteiger partial charge in [0.25, 0.3) is 0 Å². The van der Waals surface area contributed by atoms with Gasteiger partial charge in [-0.1, -0.05) is 0 Å². The number of rotatable bonds is 3. The van der Waals surface area contributed by atoms with E-state index in [9.17, 15) is 10.0 Å². The Kier molecular flexibility index (Phi) is 4.28. The van der Waals surface area contributed by atoms with Crippen LogP contribution in [0, 0.1) is 23.5 Å². The largest absolute Gasteiger partial charge is 0.630 e. The van der Waals surface area contributed by atoms with Crippen LogP contribution < -0.4 is 10.4 Å². The van der Waals surface area contributed by atoms with Crippen LogP contribution in [-0.2, 0) is 4.79 Å². The number of aryl methyl sites for hydroxylation is 1. The Morgan fingerprint density at radius 1 is 1.38 bits per heavy atom. The minimum atomic E-state index is -0.250. The SMILES string of the molecule is CC(=O)N(c1cc(C)cc(C#N)c1)c1cc([NH2+][O-])ccn1. The number of anilines is 2. The van der Waals surface area contributed by atoms with Crippen LogP contribution in [0.1, 0.15) is 18.1 Å². The molecule has 0 aliphatic rings. The predicted octanol–water partition coefficient (Wildman–Crippen LogP) is 1.64. The lowest BCUT2D eigenvalue weighted by Gasteiger charge is -2.21. The molecule has 0 saturated carbocycles. The fourth-order valence-corrected chi connectivity index (χ4v) is 2.06. The van der Waals surface area contributed by atoms with E-state index in [1.165, 1.54) is 24.1 Å². The predicted molar refractivity (Wildman–Crippen MR) is 77.9 cm³/mol. The van der Waals surface area contributed by atoms with Gasteiger partial charge in [0.1, 0.15) is 11.5 Å². The van der Waals surface area contributed by atoms with E-state index < -0.39 is 0 Å². The zero-order chi connectivity index (χ0) is 15.4. The Hall–Kier alpha value is -2.75. The summed E-state index contributed by atoms with van der Waals surface area (Å²) in [6, 6.07) is 10.3. The van der Waals surface area contributed by atoms with Gasteiger partial charge in [-0.05, 0) is 30.7 Å². The van der Waals surface area contributed by atoms with Crippen molar-refractivity contribution in [3.05, 3.63) is 52.9 Å². The average Bonchev–Trinajstić information content (AvgIpc) is 2.46. The molecule has 0 saturated heterocycles. The first-order chi connectivity index (χ1) is 10.0. The smallest absolute Gasteiger partial charge is 0.229 e. The van der Waals surface area contributed by atoms with E-state index in [-0.39, 0.29) is 5.91 Å². The summed E-state index contributed by atoms with van der Waals surface area (Å²) >= 11 is 0. The van der Waals surface area contributed by atoms with Crippen molar-refractivity contribution in [2.45, 2.75) is 13.8 Å². The third kappa shape index (κ3) is 3.23. The number of nitrogens with zero attached hydrogens (tertiary/aromatic N) is 3. The average molecular weight is 282 g/mol. The van der Waals surface area contributed by atoms with Crippen LogP contribution in [0.4, 0.5) is 17.2 Å². The zero-order valence-electron chi connectivity index (χ0n) is 11.7. The number of amides is 1. The van der Waals surface area contributed by atoms with Crippen molar-refractivity contribution >= 4 is 23.1 Å². The first-order valence-electron chi connectivity index (χ1n) is 6.29. The Labute approximate surface area is 122 Å². The topological polar surface area (TPSA) is 96.7 Å². The minimum Gasteiger partial charge on any atom is -0.630 e. The molecule has 1 aromatic heterocycles. The van der Waals surface area contributed by atoms with Gasteiger partial charge in [0.15, 0.2) is 0 Å². The van der Waals surface area contributed by atoms with Gasteiger partial charge in [-0.3, -0.25) is 9.69 Å². The molecule has 0 unspecified atom stereocenters. The molecule has 1 heterocycles. The Morgan fingerprint density at radius 2 is 2.14 bits per heavy atom. The van der Waals surface area contributed by atoms with Gasteiger partial charge in [-0.25, -0.2) is 4.98 Å². The van der Waals surface area contributed by atoms with Crippen LogP contribution in [0.15, 0.2) is 36.5 Å². The summed E-state index contributed by atoms with van der Waals surface area (Å²) in [4.78, 5) is 17.5. The maximum atomic E-state index is 12.0. The summed E-state index contributed by atoms with van der Waals surface area (Å²) in [6.07, 6.45) is 1.47. The lowest BCUT2D eigenvalue weighted by molar-refractivity contribution is -0.497. The van der Waals surface area contributed by atoms with E-state index >= 15 is 0 Å². The quantitative estimate of drug-likeness (QED) is 0.865. The highest BCUT2D eigenvalue weighted by Gasteiger charge is 2.17. The van der Waals surface area contributed by atoms with Crippen LogP contribution in [0.5, 0.6) is 0 Å². The second-order valence-corrected chi connectivity index (χ2v) is 4.59. The molecule has 106 valence electrons. The fourth-order valence-electron chi connectivity index (χ4n) is 2.06. The molecule has 1 amide bonds. The van der Waals surface area contributed by atoms with Gasteiger partial charge >= 0.3 is 0 Å². The van der Waals surface area contributed by atoms with Crippen LogP contribution in [0.25, 0.3) is 0 Å². The molecule has 0 spiro atoms. The molecule has 2 aromatic rings. The van der Waals surface area contributed by atoms with Gasteiger partial charge in [-0.2, -0.15) is 5.26 Å². The number of benzene rings is 1. The fraction of sp³-hybridized carbons (Fsp3) is 0.133. The molecule has 6 nitrogen and oxygen atoms in total. The van der Waals surface area contributed by atoms with E-state index in [0.29, 0.717) is 28.2 Å². The Balaban J connectivity index is 2.56. The third-order valence-corrected chi connectivity index (χ3v) is 2.90. The highest BCUT2D eigenvalue weighted by molar-refractivity contribution is 5.98. The molecule has 0 radical (unpaired) electrons. The van der Waals surface area contributed by atoms with Gasteiger partial charge in [-0.15, -0.1) is 0 Å². The molecule has 1 aromatic carbocycles. The molecule has 0 aliphatic heterocycles. The normalized spacial score (nSPS) is 10.0. The van der Waals surface area contributed by atoms with Crippen molar-refractivity contribution in [3.8, 4) is 6.07 Å². The number of pyridine rings is 1. The Morgan fingerprint density at radius 3 is 2.76 bits per heavy atom. The lowest BCUT2D eigenvalue weighted by Crippen LogP contribution is -2.70. The molecular weight excluding hydrogens is 268 g/mol. The number of hydrogen-bond acceptors (Lipinski definition) is 4. The highest BCUT2D eigenvalue weighted by Crippen LogP contribution is 2.26. The molecular formula is C15H14N4O2. The maximum Gasteiger partial charge on any atom is 0.229 e. The molecule has 2 N–H and O–H groups in total. The van der Waals surface area contributed by atoms with Crippen molar-refractivity contribution in [3.63, 3.8) is 0 Å². The van der Waals surface area contributed by atoms with Gasteiger partial charge in [0.2, 0.25) is 5.91 Å². The van der Waals surface area contributed by atoms with E-state index in [1.54, 1.807) is 24.3 Å². The third-order valence-electron chi connectivity index (χ3n) is 2.90. The van der Waals surface area contributed by atoms with Crippen molar-refractivity contribution in [2.75, 3.05) is 4.90 Å². The number of quaternary nitrogens is 1. The van der Waals surface area contributed by atoms with Crippen molar-refractivity contribution in [1.82, 2.24) is 4.98 Å². The molecule has 2 rings (SSSR count). The van der Waals surface area contributed by atoms with Crippen LogP contribution in [0.2, 0.25) is 0 Å². The number of carbonyl (C=O) groups is 1. The molecule has 0 fully saturated rings. The van der Waals surface area contributed by atoms with Crippen LogP contribution >= 0.6 is 0 Å². The molecule has 0 aliphatic carbocycles. The molecule has 21 heavy (non-hydrogen) atoms. The van der Waals surface area contributed by atoms with Gasteiger partial charge in [0.05, 0.1) is 17.3 Å². The lowest BCUT2D eigenvalue weighted by atomic mass is 10.1. The number of hydrogen-bond donors (Lipinski definition) is 1. The van der Waals surface area contributed by atoms with Crippen molar-refractivity contribution in [1.29, 1.82) is 5.26 Å². The number of nitriles is 1. The minimum absolute atomic E-state index is 0.250. The van der Waals surface area contributed by atoms with E-state index in [0.717, 1.165) is 5.56 Å². The summed E-state index contributed by atoms with van der Waals surface area (Å²) in [5, 5.41) is 19.9. The zero-order valence-corrected chi connectivity index (χ0v) is 11.7. The summed E-state index contributed by atoms with van der Waals surface area (Å²) in [5.74, 6) is 0.0987. The van der Waals surface area contributed by atoms with Crippen molar-refractivity contribution in [2.24, 2.45) is 0 Å². The van der Waals surface area contributed by atoms with Gasteiger partial charge < -0.3 is 10.7 Å². The first-order valence-corrected chi connectivity index (χ1v) is 6.29. The van der Waals surface area contributed by atoms with Crippen LogP contribution in [0.3, 0.4) is 0 Å². The molecule has 0 bridgehead atoms. The summed E-state index contributed by atoms with van der Waals surface area (Å²) in [7, 11) is 0. The highest BCUT2D eigenvalue weighted by atomic mass is 16.5. The Bertz CT molecular complexity index is 722. The first kappa shape index (κ1) is 14.7. The standard InChI is InChI=1S/C15H14N4O2/c1-10-5-12(9-16)7-14(6-10)19(11(2)20)15-8-13(18-21)3-4-17-15/h3-8H,18H2,1-2H3. The summed E-state index contributed by atoms with van der Waals surface area (Å²) in [6.45, 7) is 3.25. The van der Waals surface area contributed by atoms with E-state index in [2.05, 4.69) is 11.1 Å².